The van der Waals surface area contributed by atoms with Crippen molar-refractivity contribution >= 4 is 17.8 Å². The number of carbonyl (C=O) groups excluding carboxylic acids is 2. The zero-order chi connectivity index (χ0) is 28.1. The van der Waals surface area contributed by atoms with Gasteiger partial charge in [0.2, 0.25) is 5.91 Å². The molecule has 0 saturated heterocycles. The molecule has 0 radical (unpaired) electrons. The molecule has 3 atom stereocenters. The van der Waals surface area contributed by atoms with Crippen LogP contribution in [0.25, 0.3) is 0 Å². The maximum atomic E-state index is 13.9. The Bertz CT molecular complexity index is 1340. The Morgan fingerprint density at radius 1 is 1.13 bits per heavy atom. The monoisotopic (exact) mass is 542 g/mol. The van der Waals surface area contributed by atoms with Gasteiger partial charge < -0.3 is 15.8 Å². The van der Waals surface area contributed by atoms with Crippen molar-refractivity contribution in [3.63, 3.8) is 0 Å². The summed E-state index contributed by atoms with van der Waals surface area (Å²) in [6, 6.07) is 7.54. The summed E-state index contributed by atoms with van der Waals surface area (Å²) in [6.45, 7) is 5.42. The number of nitrogens with one attached hydrogen (secondary N) is 1. The minimum absolute atomic E-state index is 0.0158. The summed E-state index contributed by atoms with van der Waals surface area (Å²) >= 11 is 0. The van der Waals surface area contributed by atoms with Crippen molar-refractivity contribution in [3.8, 4) is 5.75 Å². The lowest BCUT2D eigenvalue weighted by molar-refractivity contribution is -0.137. The highest BCUT2D eigenvalue weighted by molar-refractivity contribution is 5.99. The van der Waals surface area contributed by atoms with Crippen LogP contribution in [-0.2, 0) is 17.4 Å². The number of rotatable bonds is 0. The van der Waals surface area contributed by atoms with E-state index in [-0.39, 0.29) is 35.5 Å². The first-order chi connectivity index (χ1) is 18.3. The van der Waals surface area contributed by atoms with Gasteiger partial charge in [0, 0.05) is 24.0 Å². The van der Waals surface area contributed by atoms with Gasteiger partial charge in [-0.15, -0.1) is 0 Å². The van der Waals surface area contributed by atoms with Gasteiger partial charge in [0.25, 0.3) is 5.91 Å². The number of hydrogen-bond acceptors (Lipinski definition) is 5. The van der Waals surface area contributed by atoms with Crippen LogP contribution in [0.4, 0.5) is 13.2 Å². The molecule has 4 aliphatic rings. The van der Waals surface area contributed by atoms with E-state index in [2.05, 4.69) is 10.3 Å². The third-order valence-electron chi connectivity index (χ3n) is 7.74. The second-order valence-electron chi connectivity index (χ2n) is 11.3. The summed E-state index contributed by atoms with van der Waals surface area (Å²) in [5.74, 6) is -0.296. The van der Waals surface area contributed by atoms with E-state index in [1.807, 2.05) is 32.0 Å². The quantitative estimate of drug-likeness (QED) is 0.463. The second kappa shape index (κ2) is 9.88. The summed E-state index contributed by atoms with van der Waals surface area (Å²) in [6.07, 6.45) is -0.921. The van der Waals surface area contributed by atoms with Gasteiger partial charge in [0.15, 0.2) is 5.96 Å². The third-order valence-corrected chi connectivity index (χ3v) is 7.74. The fraction of sp³-hybridized carbons (Fsp3) is 0.483. The number of hydrogen-bond donors (Lipinski definition) is 2. The van der Waals surface area contributed by atoms with Crippen molar-refractivity contribution in [2.24, 2.45) is 10.7 Å². The average Bonchev–Trinajstić information content (AvgIpc) is 2.84. The largest absolute Gasteiger partial charge is 0.487 e. The predicted molar refractivity (Wildman–Crippen MR) is 140 cm³/mol. The van der Waals surface area contributed by atoms with Crippen molar-refractivity contribution in [1.29, 1.82) is 0 Å². The second-order valence-corrected chi connectivity index (χ2v) is 11.3. The Labute approximate surface area is 225 Å². The first kappa shape index (κ1) is 27.0. The molecule has 2 amide bonds. The molecule has 3 N–H and O–H groups in total. The van der Waals surface area contributed by atoms with E-state index >= 15 is 0 Å². The molecule has 0 fully saturated rings. The lowest BCUT2D eigenvalue weighted by Crippen LogP contribution is -2.48. The number of aliphatic imine (C=N–C) groups is 1. The molecule has 2 aromatic carbocycles. The van der Waals surface area contributed by atoms with Gasteiger partial charge in [-0.25, -0.2) is 4.99 Å². The highest BCUT2D eigenvalue weighted by Gasteiger charge is 2.38. The molecule has 208 valence electrons. The molecule has 4 heterocycles. The van der Waals surface area contributed by atoms with Crippen LogP contribution in [0.15, 0.2) is 41.4 Å². The maximum absolute atomic E-state index is 13.9. The number of nitrogens with two attached hydrogens (primary N) is 1. The number of fused-ring (bicyclic) bond motifs is 5. The van der Waals surface area contributed by atoms with Crippen molar-refractivity contribution in [3.05, 3.63) is 64.2 Å². The van der Waals surface area contributed by atoms with Crippen LogP contribution in [0.3, 0.4) is 0 Å². The molecule has 7 nitrogen and oxygen atoms in total. The number of ether oxygens (including phenoxy) is 1. The molecule has 6 rings (SSSR count). The number of alkyl halides is 3. The van der Waals surface area contributed by atoms with Gasteiger partial charge in [-0.1, -0.05) is 18.6 Å². The summed E-state index contributed by atoms with van der Waals surface area (Å²) in [5.41, 5.74) is 6.51. The van der Waals surface area contributed by atoms with E-state index in [0.29, 0.717) is 18.6 Å². The Morgan fingerprint density at radius 3 is 2.62 bits per heavy atom. The molecule has 0 aliphatic carbocycles. The van der Waals surface area contributed by atoms with Crippen molar-refractivity contribution in [2.45, 2.75) is 89.2 Å². The first-order valence-electron chi connectivity index (χ1n) is 13.3. The van der Waals surface area contributed by atoms with E-state index in [9.17, 15) is 22.8 Å². The lowest BCUT2D eigenvalue weighted by Gasteiger charge is -2.38. The standard InChI is InChI=1S/C29H33F3N4O3/c1-16-18-11-19(13-20(12-18)29(30,31)32)26(38)35-23-15-28(2,3)39-24-9-8-17(10-22(23)24)6-4-5-7-21-14-25(37)36(16)27(33)34-21/h8-13,16,21,23H,4-7,14-15H2,1-3H3,(H2,33,34)(H,35,38)/t16-,21?,23?/m1/s1. The molecule has 39 heavy (non-hydrogen) atoms. The Hall–Kier alpha value is -3.56. The zero-order valence-electron chi connectivity index (χ0n) is 22.3. The van der Waals surface area contributed by atoms with Crippen LogP contribution in [0, 0.1) is 0 Å². The summed E-state index contributed by atoms with van der Waals surface area (Å²) in [4.78, 5) is 32.3. The van der Waals surface area contributed by atoms with Crippen LogP contribution < -0.4 is 15.8 Å². The van der Waals surface area contributed by atoms with E-state index in [4.69, 9.17) is 10.5 Å². The maximum Gasteiger partial charge on any atom is 0.416 e. The Kier molecular flexibility index (Phi) is 6.84. The van der Waals surface area contributed by atoms with Gasteiger partial charge in [0.05, 0.1) is 23.7 Å². The molecule has 2 aromatic rings. The molecule has 0 aromatic heterocycles. The summed E-state index contributed by atoms with van der Waals surface area (Å²) in [7, 11) is 0. The number of amides is 2. The van der Waals surface area contributed by atoms with Crippen molar-refractivity contribution < 1.29 is 27.5 Å². The lowest BCUT2D eigenvalue weighted by atomic mass is 9.88. The number of nitrogens with zero attached hydrogens (tertiary/aromatic N) is 2. The van der Waals surface area contributed by atoms with E-state index in [0.717, 1.165) is 42.5 Å². The van der Waals surface area contributed by atoms with Crippen LogP contribution in [0.2, 0.25) is 0 Å². The molecular weight excluding hydrogens is 509 g/mol. The van der Waals surface area contributed by atoms with Gasteiger partial charge in [-0.3, -0.25) is 14.5 Å². The first-order valence-corrected chi connectivity index (χ1v) is 13.3. The predicted octanol–water partition coefficient (Wildman–Crippen LogP) is 5.44. The Morgan fingerprint density at radius 2 is 1.90 bits per heavy atom. The molecule has 4 aliphatic heterocycles. The number of benzene rings is 2. The topological polar surface area (TPSA) is 97.0 Å². The minimum atomic E-state index is -4.69. The number of carbonyl (C=O) groups is 2. The molecule has 6 bridgehead atoms. The molecule has 0 saturated carbocycles. The van der Waals surface area contributed by atoms with Crippen LogP contribution >= 0.6 is 0 Å². The SMILES string of the molecule is C[C@@H]1c2cc(cc(C(F)(F)F)c2)C(=O)NC2CC(C)(C)Oc3ccc(cc32)CCCCC2CC(=O)N1C(N)=N2. The molecule has 0 spiro atoms. The molecule has 10 heteroatoms. The smallest absolute Gasteiger partial charge is 0.416 e. The fourth-order valence-corrected chi connectivity index (χ4v) is 5.78. The molecular formula is C29H33F3N4O3. The number of guanidine groups is 1. The van der Waals surface area contributed by atoms with Gasteiger partial charge >= 0.3 is 6.18 Å². The zero-order valence-corrected chi connectivity index (χ0v) is 22.3. The summed E-state index contributed by atoms with van der Waals surface area (Å²) in [5, 5.41) is 2.96. The minimum Gasteiger partial charge on any atom is -0.487 e. The Balaban J connectivity index is 1.61. The van der Waals surface area contributed by atoms with E-state index in [1.54, 1.807) is 6.92 Å². The number of halogens is 3. The normalized spacial score (nSPS) is 25.2. The van der Waals surface area contributed by atoms with Crippen LogP contribution in [0.1, 0.15) is 97.6 Å². The van der Waals surface area contributed by atoms with Gasteiger partial charge in [-0.2, -0.15) is 13.2 Å². The van der Waals surface area contributed by atoms with E-state index < -0.39 is 35.3 Å². The summed E-state index contributed by atoms with van der Waals surface area (Å²) < 4.78 is 48.0. The van der Waals surface area contributed by atoms with Gasteiger partial charge in [-0.05, 0) is 75.4 Å². The fourth-order valence-electron chi connectivity index (χ4n) is 5.78. The molecule has 2 unspecified atom stereocenters. The van der Waals surface area contributed by atoms with Gasteiger partial charge in [0.1, 0.15) is 11.4 Å². The van der Waals surface area contributed by atoms with Crippen LogP contribution in [0.5, 0.6) is 5.75 Å². The van der Waals surface area contributed by atoms with Crippen molar-refractivity contribution in [2.75, 3.05) is 0 Å². The highest BCUT2D eigenvalue weighted by atomic mass is 19.4. The number of aryl methyl sites for hydroxylation is 1. The third kappa shape index (κ3) is 5.60. The van der Waals surface area contributed by atoms with E-state index in [1.165, 1.54) is 11.0 Å². The van der Waals surface area contributed by atoms with Crippen LogP contribution in [-0.4, -0.2) is 34.3 Å². The average molecular weight is 543 g/mol. The van der Waals surface area contributed by atoms with Crippen molar-refractivity contribution in [1.82, 2.24) is 10.2 Å². The highest BCUT2D eigenvalue weighted by Crippen LogP contribution is 2.41.